The first-order valence-corrected chi connectivity index (χ1v) is 7.44. The molecule has 2 N–H and O–H groups in total. The second-order valence-corrected chi connectivity index (χ2v) is 5.54. The maximum Gasteiger partial charge on any atom is 0.136 e. The molecule has 0 amide bonds. The summed E-state index contributed by atoms with van der Waals surface area (Å²) in [5.41, 5.74) is 5.84. The average Bonchev–Trinajstić information content (AvgIpc) is 3.12. The molecular formula is C12H20N4S. The highest BCUT2D eigenvalue weighted by molar-refractivity contribution is 7.98. The SMILES string of the molecule is CSCCCN(C)c1cc(N)nc(C2CC2)n1. The first-order valence-electron chi connectivity index (χ1n) is 6.05. The Morgan fingerprint density at radius 2 is 2.24 bits per heavy atom. The van der Waals surface area contributed by atoms with Crippen LogP contribution in [-0.2, 0) is 0 Å². The van der Waals surface area contributed by atoms with Gasteiger partial charge < -0.3 is 10.6 Å². The summed E-state index contributed by atoms with van der Waals surface area (Å²) in [5.74, 6) is 4.21. The summed E-state index contributed by atoms with van der Waals surface area (Å²) in [5, 5.41) is 0. The van der Waals surface area contributed by atoms with Crippen LogP contribution in [0.25, 0.3) is 0 Å². The van der Waals surface area contributed by atoms with Gasteiger partial charge in [0.05, 0.1) is 0 Å². The molecule has 1 aliphatic rings. The van der Waals surface area contributed by atoms with Crippen LogP contribution in [0.15, 0.2) is 6.07 Å². The fraction of sp³-hybridized carbons (Fsp3) is 0.667. The third-order valence-electron chi connectivity index (χ3n) is 2.93. The normalized spacial score (nSPS) is 14.9. The van der Waals surface area contributed by atoms with Crippen molar-refractivity contribution in [3.8, 4) is 0 Å². The number of thioether (sulfide) groups is 1. The predicted octanol–water partition coefficient (Wildman–Crippen LogP) is 2.13. The van der Waals surface area contributed by atoms with Crippen LogP contribution in [0.2, 0.25) is 0 Å². The molecule has 94 valence electrons. The Labute approximate surface area is 107 Å². The van der Waals surface area contributed by atoms with Crippen LogP contribution >= 0.6 is 11.8 Å². The lowest BCUT2D eigenvalue weighted by Gasteiger charge is -2.18. The molecule has 0 aliphatic heterocycles. The molecule has 0 atom stereocenters. The van der Waals surface area contributed by atoms with Crippen molar-refractivity contribution in [2.24, 2.45) is 0 Å². The van der Waals surface area contributed by atoms with Crippen LogP contribution in [0, 0.1) is 0 Å². The lowest BCUT2D eigenvalue weighted by Crippen LogP contribution is -2.21. The number of aromatic nitrogens is 2. The van der Waals surface area contributed by atoms with E-state index in [4.69, 9.17) is 5.73 Å². The van der Waals surface area contributed by atoms with Crippen LogP contribution in [0.3, 0.4) is 0 Å². The van der Waals surface area contributed by atoms with Gasteiger partial charge in [0, 0.05) is 25.6 Å². The second kappa shape index (κ2) is 5.58. The molecule has 1 saturated carbocycles. The molecule has 1 aromatic rings. The average molecular weight is 252 g/mol. The molecule has 1 aromatic heterocycles. The molecule has 0 saturated heterocycles. The molecule has 4 nitrogen and oxygen atoms in total. The molecule has 5 heteroatoms. The maximum absolute atomic E-state index is 5.84. The number of hydrogen-bond acceptors (Lipinski definition) is 5. The number of nitrogens with two attached hydrogens (primary N) is 1. The number of nitrogen functional groups attached to an aromatic ring is 1. The van der Waals surface area contributed by atoms with Gasteiger partial charge in [0.15, 0.2) is 0 Å². The summed E-state index contributed by atoms with van der Waals surface area (Å²) in [7, 11) is 2.07. The zero-order chi connectivity index (χ0) is 12.3. The highest BCUT2D eigenvalue weighted by Gasteiger charge is 2.27. The van der Waals surface area contributed by atoms with E-state index in [1.807, 2.05) is 17.8 Å². The molecule has 1 fully saturated rings. The van der Waals surface area contributed by atoms with E-state index in [1.54, 1.807) is 0 Å². The van der Waals surface area contributed by atoms with E-state index in [2.05, 4.69) is 28.2 Å². The van der Waals surface area contributed by atoms with Gasteiger partial charge in [0.25, 0.3) is 0 Å². The summed E-state index contributed by atoms with van der Waals surface area (Å²) in [6.45, 7) is 1.02. The highest BCUT2D eigenvalue weighted by atomic mass is 32.2. The Bertz CT molecular complexity index is 379. The van der Waals surface area contributed by atoms with Crippen LogP contribution in [0.1, 0.15) is 31.0 Å². The first-order chi connectivity index (χ1) is 8.20. The van der Waals surface area contributed by atoms with Gasteiger partial charge in [-0.2, -0.15) is 11.8 Å². The Morgan fingerprint density at radius 3 is 2.88 bits per heavy atom. The predicted molar refractivity (Wildman–Crippen MR) is 74.7 cm³/mol. The molecule has 1 aliphatic carbocycles. The monoisotopic (exact) mass is 252 g/mol. The van der Waals surface area contributed by atoms with E-state index in [0.717, 1.165) is 18.2 Å². The zero-order valence-corrected chi connectivity index (χ0v) is 11.3. The summed E-state index contributed by atoms with van der Waals surface area (Å²) >= 11 is 1.88. The highest BCUT2D eigenvalue weighted by Crippen LogP contribution is 2.38. The topological polar surface area (TPSA) is 55.0 Å². The van der Waals surface area contributed by atoms with Crippen molar-refractivity contribution < 1.29 is 0 Å². The van der Waals surface area contributed by atoms with E-state index in [1.165, 1.54) is 25.0 Å². The molecular weight excluding hydrogens is 232 g/mol. The number of nitrogens with zero attached hydrogens (tertiary/aromatic N) is 3. The lowest BCUT2D eigenvalue weighted by molar-refractivity contribution is 0.825. The second-order valence-electron chi connectivity index (χ2n) is 4.55. The third-order valence-corrected chi connectivity index (χ3v) is 3.62. The fourth-order valence-corrected chi connectivity index (χ4v) is 2.17. The van der Waals surface area contributed by atoms with Crippen LogP contribution in [0.5, 0.6) is 0 Å². The maximum atomic E-state index is 5.84. The van der Waals surface area contributed by atoms with Crippen molar-refractivity contribution in [1.29, 1.82) is 0 Å². The van der Waals surface area contributed by atoms with Gasteiger partial charge in [-0.25, -0.2) is 9.97 Å². The first kappa shape index (κ1) is 12.5. The van der Waals surface area contributed by atoms with E-state index >= 15 is 0 Å². The summed E-state index contributed by atoms with van der Waals surface area (Å²) in [6.07, 6.45) is 5.71. The van der Waals surface area contributed by atoms with Gasteiger partial charge in [-0.05, 0) is 31.3 Å². The third kappa shape index (κ3) is 3.49. The van der Waals surface area contributed by atoms with Crippen LogP contribution in [0.4, 0.5) is 11.6 Å². The zero-order valence-electron chi connectivity index (χ0n) is 10.5. The summed E-state index contributed by atoms with van der Waals surface area (Å²) in [4.78, 5) is 11.1. The van der Waals surface area contributed by atoms with Crippen molar-refractivity contribution in [1.82, 2.24) is 9.97 Å². The number of hydrogen-bond donors (Lipinski definition) is 1. The standard InChI is InChI=1S/C12H20N4S/c1-16(6-3-7-17-2)11-8-10(13)14-12(15-11)9-4-5-9/h8-9H,3-7H2,1-2H3,(H2,13,14,15). The van der Waals surface area contributed by atoms with Crippen LogP contribution < -0.4 is 10.6 Å². The van der Waals surface area contributed by atoms with E-state index in [-0.39, 0.29) is 0 Å². The van der Waals surface area contributed by atoms with Crippen LogP contribution in [-0.4, -0.2) is 35.6 Å². The van der Waals surface area contributed by atoms with E-state index < -0.39 is 0 Å². The van der Waals surface area contributed by atoms with Gasteiger partial charge in [-0.1, -0.05) is 0 Å². The van der Waals surface area contributed by atoms with Crippen molar-refractivity contribution >= 4 is 23.4 Å². The minimum atomic E-state index is 0.553. The van der Waals surface area contributed by atoms with Gasteiger partial charge in [0.1, 0.15) is 17.5 Å². The summed E-state index contributed by atoms with van der Waals surface area (Å²) < 4.78 is 0. The van der Waals surface area contributed by atoms with E-state index in [0.29, 0.717) is 11.7 Å². The summed E-state index contributed by atoms with van der Waals surface area (Å²) in [6, 6.07) is 1.87. The molecule has 17 heavy (non-hydrogen) atoms. The van der Waals surface area contributed by atoms with Crippen molar-refractivity contribution in [2.45, 2.75) is 25.2 Å². The molecule has 0 unspecified atom stereocenters. The number of rotatable bonds is 6. The Morgan fingerprint density at radius 1 is 1.47 bits per heavy atom. The Hall–Kier alpha value is -0.970. The lowest BCUT2D eigenvalue weighted by atomic mass is 10.3. The smallest absolute Gasteiger partial charge is 0.136 e. The Kier molecular flexibility index (Phi) is 4.10. The van der Waals surface area contributed by atoms with E-state index in [9.17, 15) is 0 Å². The minimum absolute atomic E-state index is 0.553. The van der Waals surface area contributed by atoms with Crippen molar-refractivity contribution in [3.05, 3.63) is 11.9 Å². The molecule has 2 rings (SSSR count). The Balaban J connectivity index is 2.03. The quantitative estimate of drug-likeness (QED) is 0.786. The van der Waals surface area contributed by atoms with Gasteiger partial charge in [0.2, 0.25) is 0 Å². The number of anilines is 2. The molecule has 1 heterocycles. The van der Waals surface area contributed by atoms with Crippen molar-refractivity contribution in [2.75, 3.05) is 36.2 Å². The molecule has 0 bridgehead atoms. The largest absolute Gasteiger partial charge is 0.384 e. The van der Waals surface area contributed by atoms with Gasteiger partial charge in [-0.15, -0.1) is 0 Å². The molecule has 0 spiro atoms. The van der Waals surface area contributed by atoms with Gasteiger partial charge in [-0.3, -0.25) is 0 Å². The molecule has 0 aromatic carbocycles. The fourth-order valence-electron chi connectivity index (χ4n) is 1.75. The minimum Gasteiger partial charge on any atom is -0.384 e. The molecule has 0 radical (unpaired) electrons. The van der Waals surface area contributed by atoms with Gasteiger partial charge >= 0.3 is 0 Å². The van der Waals surface area contributed by atoms with Crippen molar-refractivity contribution in [3.63, 3.8) is 0 Å².